The van der Waals surface area contributed by atoms with E-state index in [1.807, 2.05) is 0 Å². The highest BCUT2D eigenvalue weighted by Gasteiger charge is 2.24. The first-order chi connectivity index (χ1) is 27.8. The van der Waals surface area contributed by atoms with E-state index >= 15 is 0 Å². The summed E-state index contributed by atoms with van der Waals surface area (Å²) in [6, 6.07) is 59.5. The predicted octanol–water partition coefficient (Wildman–Crippen LogP) is 14.4. The molecule has 3 aliphatic rings. The van der Waals surface area contributed by atoms with E-state index in [4.69, 9.17) is 0 Å². The van der Waals surface area contributed by atoms with Crippen molar-refractivity contribution in [2.24, 2.45) is 5.92 Å². The van der Waals surface area contributed by atoms with Crippen molar-refractivity contribution in [3.8, 4) is 22.3 Å². The summed E-state index contributed by atoms with van der Waals surface area (Å²) in [6.45, 7) is 0. The van der Waals surface area contributed by atoms with Crippen LogP contribution in [0, 0.1) is 5.92 Å². The first kappa shape index (κ1) is 35.1. The summed E-state index contributed by atoms with van der Waals surface area (Å²) < 4.78 is 0. The van der Waals surface area contributed by atoms with Gasteiger partial charge < -0.3 is 9.80 Å². The van der Waals surface area contributed by atoms with Crippen LogP contribution in [0.1, 0.15) is 31.2 Å². The highest BCUT2D eigenvalue weighted by atomic mass is 15.2. The second-order valence-electron chi connectivity index (χ2n) is 14.8. The molecule has 0 N–H and O–H groups in total. The number of hydrogen-bond donors (Lipinski definition) is 0. The fraction of sp³-hybridized carbons (Fsp3) is 0.111. The topological polar surface area (TPSA) is 6.48 Å². The quantitative estimate of drug-likeness (QED) is 0.139. The van der Waals surface area contributed by atoms with Gasteiger partial charge in [-0.2, -0.15) is 0 Å². The molecular weight excluding hydrogens is 677 g/mol. The van der Waals surface area contributed by atoms with E-state index in [-0.39, 0.29) is 6.04 Å². The lowest BCUT2D eigenvalue weighted by Crippen LogP contribution is -2.31. The Labute approximate surface area is 332 Å². The van der Waals surface area contributed by atoms with E-state index in [1.54, 1.807) is 0 Å². The number of allylic oxidation sites excluding steroid dienone is 10. The number of hydrogen-bond acceptors (Lipinski definition) is 2. The van der Waals surface area contributed by atoms with Crippen molar-refractivity contribution in [1.29, 1.82) is 0 Å². The number of para-hydroxylation sites is 3. The zero-order chi connectivity index (χ0) is 37.5. The minimum Gasteiger partial charge on any atom is -0.334 e. The summed E-state index contributed by atoms with van der Waals surface area (Å²) in [7, 11) is 0. The van der Waals surface area contributed by atoms with E-state index in [9.17, 15) is 0 Å². The zero-order valence-corrected chi connectivity index (χ0v) is 31.7. The predicted molar refractivity (Wildman–Crippen MR) is 238 cm³/mol. The maximum Gasteiger partial charge on any atom is 0.0560 e. The summed E-state index contributed by atoms with van der Waals surface area (Å²) in [5.74, 6) is 0.467. The molecule has 6 aromatic rings. The van der Waals surface area contributed by atoms with Gasteiger partial charge >= 0.3 is 0 Å². The molecule has 3 aliphatic carbocycles. The minimum atomic E-state index is 0.218. The molecule has 2 unspecified atom stereocenters. The van der Waals surface area contributed by atoms with Crippen molar-refractivity contribution >= 4 is 28.3 Å². The Kier molecular flexibility index (Phi) is 10.3. The van der Waals surface area contributed by atoms with Crippen LogP contribution in [0.2, 0.25) is 0 Å². The minimum absolute atomic E-state index is 0.218. The van der Waals surface area contributed by atoms with Gasteiger partial charge in [-0.05, 0) is 108 Å². The molecule has 0 fully saturated rings. The number of anilines is 4. The second kappa shape index (κ2) is 16.4. The lowest BCUT2D eigenvalue weighted by molar-refractivity contribution is 0.732. The van der Waals surface area contributed by atoms with Gasteiger partial charge in [0.1, 0.15) is 0 Å². The first-order valence-corrected chi connectivity index (χ1v) is 19.9. The van der Waals surface area contributed by atoms with E-state index in [0.29, 0.717) is 5.92 Å². The largest absolute Gasteiger partial charge is 0.334 e. The highest BCUT2D eigenvalue weighted by Crippen LogP contribution is 2.41. The van der Waals surface area contributed by atoms with Crippen molar-refractivity contribution in [3.63, 3.8) is 0 Å². The van der Waals surface area contributed by atoms with Gasteiger partial charge in [-0.15, -0.1) is 0 Å². The summed E-state index contributed by atoms with van der Waals surface area (Å²) >= 11 is 0. The van der Waals surface area contributed by atoms with Gasteiger partial charge in [-0.3, -0.25) is 0 Å². The maximum absolute atomic E-state index is 2.52. The standard InChI is InChI=1S/C54H46N2/c1-5-15-41(16-6-1)44-29-35-50(36-30-44)55(48-19-9-3-10-20-48)51-37-31-46(32-38-51)43-25-27-47(28-26-43)53-23-13-14-24-54(53)56(49-21-11-4-12-22-49)52-39-33-45(34-40-52)42-17-7-2-8-18-42/h1-17,19-31,33-37,39,42,52H,18,32,38,40H2. The average molecular weight is 723 g/mol. The molecular formula is C54H46N2. The molecule has 56 heavy (non-hydrogen) atoms. The third-order valence-corrected chi connectivity index (χ3v) is 11.3. The van der Waals surface area contributed by atoms with E-state index in [0.717, 1.165) is 25.7 Å². The Hall–Kier alpha value is -6.64. The zero-order valence-electron chi connectivity index (χ0n) is 31.7. The molecule has 0 spiro atoms. The molecule has 9 rings (SSSR count). The van der Waals surface area contributed by atoms with E-state index in [2.05, 4.69) is 228 Å². The lowest BCUT2D eigenvalue weighted by Gasteiger charge is -2.35. The smallest absolute Gasteiger partial charge is 0.0560 e. The Morgan fingerprint density at radius 2 is 1.09 bits per heavy atom. The summed E-state index contributed by atoms with van der Waals surface area (Å²) in [4.78, 5) is 4.93. The lowest BCUT2D eigenvalue weighted by atomic mass is 9.87. The normalized spacial score (nSPS) is 17.5. The Bertz CT molecular complexity index is 2450. The Balaban J connectivity index is 0.980. The fourth-order valence-corrected chi connectivity index (χ4v) is 8.35. The van der Waals surface area contributed by atoms with Crippen molar-refractivity contribution < 1.29 is 0 Å². The van der Waals surface area contributed by atoms with Crippen LogP contribution >= 0.6 is 0 Å². The second-order valence-corrected chi connectivity index (χ2v) is 14.8. The summed E-state index contributed by atoms with van der Waals surface area (Å²) in [5.41, 5.74) is 15.1. The monoisotopic (exact) mass is 722 g/mol. The first-order valence-electron chi connectivity index (χ1n) is 19.9. The van der Waals surface area contributed by atoms with Gasteiger partial charge in [0, 0.05) is 39.9 Å². The molecule has 2 atom stereocenters. The molecule has 6 aromatic carbocycles. The SMILES string of the molecule is C1=CCC(C2=CCC(N(c3ccccc3)c3ccccc3-c3ccc(C4=CC=C(N(c5ccccc5)c5ccc(-c6ccccc6)cc5)CC4)cc3)C=C2)C=C1. The number of rotatable bonds is 10. The van der Waals surface area contributed by atoms with Crippen molar-refractivity contribution in [3.05, 3.63) is 235 Å². The average Bonchev–Trinajstić information content (AvgIpc) is 3.29. The van der Waals surface area contributed by atoms with Gasteiger partial charge in [-0.25, -0.2) is 0 Å². The number of nitrogens with zero attached hydrogens (tertiary/aromatic N) is 2. The molecule has 2 heteroatoms. The van der Waals surface area contributed by atoms with Crippen molar-refractivity contribution in [2.75, 3.05) is 9.80 Å². The van der Waals surface area contributed by atoms with Crippen molar-refractivity contribution in [2.45, 2.75) is 31.7 Å². The third-order valence-electron chi connectivity index (χ3n) is 11.3. The maximum atomic E-state index is 2.52. The van der Waals surface area contributed by atoms with E-state index in [1.165, 1.54) is 67.4 Å². The summed E-state index contributed by atoms with van der Waals surface area (Å²) in [5, 5.41) is 0. The number of benzene rings is 6. The van der Waals surface area contributed by atoms with Crippen LogP contribution in [-0.4, -0.2) is 6.04 Å². The van der Waals surface area contributed by atoms with Gasteiger partial charge in [0.25, 0.3) is 0 Å². The molecule has 272 valence electrons. The van der Waals surface area contributed by atoms with Crippen LogP contribution < -0.4 is 9.80 Å². The van der Waals surface area contributed by atoms with Gasteiger partial charge in [0.2, 0.25) is 0 Å². The molecule has 0 aromatic heterocycles. The van der Waals surface area contributed by atoms with Crippen LogP contribution in [0.25, 0.3) is 27.8 Å². The van der Waals surface area contributed by atoms with Gasteiger partial charge in [0.15, 0.2) is 0 Å². The van der Waals surface area contributed by atoms with Gasteiger partial charge in [0.05, 0.1) is 6.04 Å². The summed E-state index contributed by atoms with van der Waals surface area (Å²) in [6.07, 6.45) is 24.8. The molecule has 2 nitrogen and oxygen atoms in total. The van der Waals surface area contributed by atoms with Crippen LogP contribution in [-0.2, 0) is 0 Å². The highest BCUT2D eigenvalue weighted by molar-refractivity contribution is 5.84. The molecule has 0 amide bonds. The molecule has 0 saturated carbocycles. The van der Waals surface area contributed by atoms with Crippen LogP contribution in [0.3, 0.4) is 0 Å². The fourth-order valence-electron chi connectivity index (χ4n) is 8.35. The van der Waals surface area contributed by atoms with Gasteiger partial charge in [-0.1, -0.05) is 170 Å². The van der Waals surface area contributed by atoms with Crippen molar-refractivity contribution in [1.82, 2.24) is 0 Å². The van der Waals surface area contributed by atoms with E-state index < -0.39 is 0 Å². The Morgan fingerprint density at radius 1 is 0.464 bits per heavy atom. The molecule has 0 radical (unpaired) electrons. The van der Waals surface area contributed by atoms with Crippen LogP contribution in [0.15, 0.2) is 230 Å². The molecule has 0 heterocycles. The molecule has 0 bridgehead atoms. The van der Waals surface area contributed by atoms with Crippen LogP contribution in [0.4, 0.5) is 22.7 Å². The Morgan fingerprint density at radius 3 is 1.75 bits per heavy atom. The molecule has 0 aliphatic heterocycles. The van der Waals surface area contributed by atoms with Crippen LogP contribution in [0.5, 0.6) is 0 Å². The third kappa shape index (κ3) is 7.52. The molecule has 0 saturated heterocycles.